The number of fused-ring (bicyclic) bond motifs is 1. The molecule has 0 aliphatic heterocycles. The Bertz CT molecular complexity index is 1550. The van der Waals surface area contributed by atoms with Gasteiger partial charge in [-0.1, -0.05) is 48.6 Å². The first-order valence-electron chi connectivity index (χ1n) is 12.6. The van der Waals surface area contributed by atoms with E-state index in [-0.39, 0.29) is 17.2 Å². The molecule has 0 amide bonds. The van der Waals surface area contributed by atoms with Crippen molar-refractivity contribution in [2.45, 2.75) is 50.5 Å². The van der Waals surface area contributed by atoms with Crippen molar-refractivity contribution < 1.29 is 4.39 Å². The predicted octanol–water partition coefficient (Wildman–Crippen LogP) is 5.92. The smallest absolute Gasteiger partial charge is 0.144 e. The lowest BCUT2D eigenvalue weighted by molar-refractivity contribution is 0.610. The molecule has 0 spiro atoms. The van der Waals surface area contributed by atoms with Crippen LogP contribution in [0.3, 0.4) is 0 Å². The van der Waals surface area contributed by atoms with Crippen molar-refractivity contribution in [3.05, 3.63) is 69.8 Å². The number of aromatic nitrogens is 4. The van der Waals surface area contributed by atoms with Crippen LogP contribution in [0.25, 0.3) is 10.9 Å². The van der Waals surface area contributed by atoms with Gasteiger partial charge in [-0.05, 0) is 48.2 Å². The van der Waals surface area contributed by atoms with Crippen LogP contribution in [0.15, 0.2) is 36.5 Å². The molecule has 1 atom stereocenters. The SMILES string of the molecule is C[Si](C)(C)CCNc1c(C#N)c(N)nc2c(Cl)cc([C@H](c3ccc(F)cc3)c3cn(C4CC4)nn3)c(N)c12. The minimum atomic E-state index is -1.37. The fraction of sp³-hybridized carbons (Fsp3) is 0.333. The Morgan fingerprint density at radius 2 is 1.95 bits per heavy atom. The van der Waals surface area contributed by atoms with Gasteiger partial charge in [0.25, 0.3) is 0 Å². The summed E-state index contributed by atoms with van der Waals surface area (Å²) in [5.41, 5.74) is 16.8. The number of nitrogens with two attached hydrogens (primary N) is 2. The Hall–Kier alpha value is -3.68. The van der Waals surface area contributed by atoms with Gasteiger partial charge in [-0.2, -0.15) is 5.26 Å². The molecular weight excluding hydrogens is 519 g/mol. The minimum Gasteiger partial charge on any atom is -0.398 e. The van der Waals surface area contributed by atoms with Crippen molar-refractivity contribution >= 4 is 47.8 Å². The summed E-state index contributed by atoms with van der Waals surface area (Å²) in [7, 11) is -1.37. The zero-order valence-corrected chi connectivity index (χ0v) is 23.3. The summed E-state index contributed by atoms with van der Waals surface area (Å²) < 4.78 is 15.7. The van der Waals surface area contributed by atoms with Crippen LogP contribution in [-0.2, 0) is 0 Å². The second-order valence-corrected chi connectivity index (χ2v) is 17.0. The zero-order valence-electron chi connectivity index (χ0n) is 21.6. The van der Waals surface area contributed by atoms with Crippen LogP contribution in [0, 0.1) is 17.1 Å². The average molecular weight is 549 g/mol. The van der Waals surface area contributed by atoms with Crippen LogP contribution in [0.4, 0.5) is 21.6 Å². The lowest BCUT2D eigenvalue weighted by atomic mass is 9.86. The van der Waals surface area contributed by atoms with Crippen LogP contribution >= 0.6 is 11.6 Å². The lowest BCUT2D eigenvalue weighted by Crippen LogP contribution is -2.23. The topological polar surface area (TPSA) is 131 Å². The monoisotopic (exact) mass is 548 g/mol. The zero-order chi connectivity index (χ0) is 27.2. The van der Waals surface area contributed by atoms with E-state index in [0.717, 1.165) is 24.4 Å². The van der Waals surface area contributed by atoms with E-state index in [2.05, 4.69) is 46.3 Å². The Labute approximate surface area is 226 Å². The quantitative estimate of drug-likeness (QED) is 0.184. The lowest BCUT2D eigenvalue weighted by Gasteiger charge is -2.23. The number of anilines is 3. The van der Waals surface area contributed by atoms with E-state index in [4.69, 9.17) is 23.1 Å². The number of pyridine rings is 1. The number of nitrogen functional groups attached to an aromatic ring is 2. The molecule has 5 N–H and O–H groups in total. The van der Waals surface area contributed by atoms with E-state index in [0.29, 0.717) is 51.1 Å². The fourth-order valence-corrected chi connectivity index (χ4v) is 5.79. The second-order valence-electron chi connectivity index (χ2n) is 11.0. The van der Waals surface area contributed by atoms with Gasteiger partial charge in [0.15, 0.2) is 0 Å². The first-order chi connectivity index (χ1) is 18.1. The summed E-state index contributed by atoms with van der Waals surface area (Å²) in [5, 5.41) is 23.1. The molecule has 0 unspecified atom stereocenters. The van der Waals surface area contributed by atoms with Crippen LogP contribution in [0.2, 0.25) is 30.7 Å². The standard InChI is InChI=1S/C27H30ClFN8Si/c1-38(2,3)11-10-33-25-19(13-30)27(32)34-26-20(28)12-18(24(31)23(25)26)22(15-4-6-16(29)7-5-15)21-14-37(36-35-21)17-8-9-17/h4-7,12,14,17,22H,8-11,31H2,1-3H3,(H3,32,33,34)/t22-/m0/s1. The number of rotatable bonds is 8. The Morgan fingerprint density at radius 1 is 1.24 bits per heavy atom. The number of benzene rings is 2. The fourth-order valence-electron chi connectivity index (χ4n) is 4.66. The van der Waals surface area contributed by atoms with E-state index in [1.807, 2.05) is 10.9 Å². The molecule has 0 radical (unpaired) electrons. The van der Waals surface area contributed by atoms with Crippen molar-refractivity contribution in [1.82, 2.24) is 20.0 Å². The first-order valence-corrected chi connectivity index (χ1v) is 16.7. The van der Waals surface area contributed by atoms with Gasteiger partial charge in [-0.15, -0.1) is 5.10 Å². The summed E-state index contributed by atoms with van der Waals surface area (Å²) >= 11 is 6.81. The molecule has 1 fully saturated rings. The molecule has 4 aromatic rings. The van der Waals surface area contributed by atoms with Gasteiger partial charge in [0.1, 0.15) is 23.3 Å². The van der Waals surface area contributed by atoms with Crippen LogP contribution < -0.4 is 16.8 Å². The van der Waals surface area contributed by atoms with Gasteiger partial charge in [-0.25, -0.2) is 14.1 Å². The van der Waals surface area contributed by atoms with Gasteiger partial charge in [0, 0.05) is 31.9 Å². The van der Waals surface area contributed by atoms with Crippen molar-refractivity contribution in [2.75, 3.05) is 23.3 Å². The molecular formula is C27H30ClFN8Si. The highest BCUT2D eigenvalue weighted by atomic mass is 35.5. The number of hydrogen-bond donors (Lipinski definition) is 3. The highest BCUT2D eigenvalue weighted by Crippen LogP contribution is 2.44. The van der Waals surface area contributed by atoms with Crippen LogP contribution in [0.1, 0.15) is 47.2 Å². The van der Waals surface area contributed by atoms with Gasteiger partial charge in [-0.3, -0.25) is 0 Å². The summed E-state index contributed by atoms with van der Waals surface area (Å²) in [4.78, 5) is 4.45. The van der Waals surface area contributed by atoms with E-state index in [1.165, 1.54) is 12.1 Å². The van der Waals surface area contributed by atoms with Crippen LogP contribution in [-0.4, -0.2) is 34.6 Å². The third kappa shape index (κ3) is 5.04. The Kier molecular flexibility index (Phi) is 6.75. The highest BCUT2D eigenvalue weighted by molar-refractivity contribution is 6.76. The molecule has 196 valence electrons. The number of hydrogen-bond acceptors (Lipinski definition) is 7. The second kappa shape index (κ2) is 9.89. The maximum atomic E-state index is 13.9. The molecule has 0 saturated heterocycles. The predicted molar refractivity (Wildman–Crippen MR) is 153 cm³/mol. The molecule has 1 aliphatic carbocycles. The summed E-state index contributed by atoms with van der Waals surface area (Å²) in [6.07, 6.45) is 4.03. The van der Waals surface area contributed by atoms with Gasteiger partial charge in [0.2, 0.25) is 0 Å². The largest absolute Gasteiger partial charge is 0.398 e. The van der Waals surface area contributed by atoms with E-state index < -0.39 is 14.0 Å². The summed E-state index contributed by atoms with van der Waals surface area (Å²) in [6, 6.07) is 11.5. The Balaban J connectivity index is 1.73. The molecule has 1 saturated carbocycles. The van der Waals surface area contributed by atoms with Gasteiger partial charge >= 0.3 is 0 Å². The molecule has 2 heterocycles. The first kappa shape index (κ1) is 25.9. The number of nitrogens with one attached hydrogen (secondary N) is 1. The summed E-state index contributed by atoms with van der Waals surface area (Å²) in [5.74, 6) is -0.721. The molecule has 8 nitrogen and oxygen atoms in total. The molecule has 11 heteroatoms. The van der Waals surface area contributed by atoms with Crippen molar-refractivity contribution in [2.24, 2.45) is 0 Å². The van der Waals surface area contributed by atoms with Crippen molar-refractivity contribution in [3.63, 3.8) is 0 Å². The Morgan fingerprint density at radius 3 is 2.58 bits per heavy atom. The molecule has 2 aromatic carbocycles. The normalized spacial score (nSPS) is 14.4. The highest BCUT2D eigenvalue weighted by Gasteiger charge is 2.30. The third-order valence-electron chi connectivity index (χ3n) is 6.86. The average Bonchev–Trinajstić information content (AvgIpc) is 3.60. The number of nitrogens with zero attached hydrogens (tertiary/aromatic N) is 5. The van der Waals surface area contributed by atoms with Crippen molar-refractivity contribution in [1.29, 1.82) is 5.26 Å². The van der Waals surface area contributed by atoms with E-state index >= 15 is 0 Å². The van der Waals surface area contributed by atoms with E-state index in [1.54, 1.807) is 18.2 Å². The molecule has 38 heavy (non-hydrogen) atoms. The van der Waals surface area contributed by atoms with Crippen LogP contribution in [0.5, 0.6) is 0 Å². The van der Waals surface area contributed by atoms with Gasteiger partial charge in [0.05, 0.1) is 33.9 Å². The van der Waals surface area contributed by atoms with E-state index in [9.17, 15) is 9.65 Å². The maximum Gasteiger partial charge on any atom is 0.144 e. The molecule has 1 aliphatic rings. The van der Waals surface area contributed by atoms with Gasteiger partial charge < -0.3 is 16.8 Å². The molecule has 0 bridgehead atoms. The number of halogens is 2. The molecule has 2 aromatic heterocycles. The minimum absolute atomic E-state index is 0.0898. The maximum absolute atomic E-state index is 13.9. The summed E-state index contributed by atoms with van der Waals surface area (Å²) in [6.45, 7) is 7.50. The molecule has 5 rings (SSSR count). The van der Waals surface area contributed by atoms with Crippen molar-refractivity contribution in [3.8, 4) is 6.07 Å². The number of nitriles is 1. The third-order valence-corrected chi connectivity index (χ3v) is 8.90.